The van der Waals surface area contributed by atoms with Crippen LogP contribution in [0.5, 0.6) is 28.7 Å². The lowest BCUT2D eigenvalue weighted by molar-refractivity contribution is 0.0552. The van der Waals surface area contributed by atoms with Crippen molar-refractivity contribution in [1.82, 2.24) is 0 Å². The molecular formula is C24H24O6. The van der Waals surface area contributed by atoms with E-state index in [-0.39, 0.29) is 12.4 Å². The maximum absolute atomic E-state index is 13.6. The average molecular weight is 408 g/mol. The van der Waals surface area contributed by atoms with Gasteiger partial charge < -0.3 is 23.7 Å². The molecule has 0 saturated carbocycles. The van der Waals surface area contributed by atoms with Gasteiger partial charge in [0, 0.05) is 11.6 Å². The first-order chi connectivity index (χ1) is 14.4. The average Bonchev–Trinajstić information content (AvgIpc) is 2.72. The molecule has 6 nitrogen and oxygen atoms in total. The highest BCUT2D eigenvalue weighted by atomic mass is 16.5. The van der Waals surface area contributed by atoms with E-state index in [0.29, 0.717) is 40.9 Å². The van der Waals surface area contributed by atoms with E-state index in [2.05, 4.69) is 0 Å². The largest absolute Gasteiger partial charge is 0.493 e. The topological polar surface area (TPSA) is 63.2 Å². The summed E-state index contributed by atoms with van der Waals surface area (Å²) in [6.07, 6.45) is 3.53. The molecule has 2 atom stereocenters. The Kier molecular flexibility index (Phi) is 4.20. The molecule has 0 N–H and O–H groups in total. The van der Waals surface area contributed by atoms with Crippen LogP contribution in [0.15, 0.2) is 30.3 Å². The molecule has 0 aliphatic carbocycles. The van der Waals surface area contributed by atoms with Crippen molar-refractivity contribution in [3.05, 3.63) is 47.0 Å². The van der Waals surface area contributed by atoms with Crippen LogP contribution < -0.4 is 23.7 Å². The van der Waals surface area contributed by atoms with Crippen molar-refractivity contribution in [3.63, 3.8) is 0 Å². The summed E-state index contributed by atoms with van der Waals surface area (Å²) in [5.41, 5.74) is 1.72. The first-order valence-electron chi connectivity index (χ1n) is 10.2. The minimum Gasteiger partial charge on any atom is -0.493 e. The van der Waals surface area contributed by atoms with Crippen molar-refractivity contribution in [2.24, 2.45) is 0 Å². The molecule has 3 aliphatic rings. The molecule has 156 valence electrons. The molecule has 0 amide bonds. The zero-order valence-corrected chi connectivity index (χ0v) is 17.5. The highest BCUT2D eigenvalue weighted by molar-refractivity contribution is 6.06. The number of hydrogen-bond donors (Lipinski definition) is 0. The number of methoxy groups -OCH3 is 1. The van der Waals surface area contributed by atoms with Gasteiger partial charge >= 0.3 is 0 Å². The second kappa shape index (κ2) is 6.69. The van der Waals surface area contributed by atoms with Crippen LogP contribution in [0.1, 0.15) is 48.2 Å². The Morgan fingerprint density at radius 3 is 2.77 bits per heavy atom. The summed E-state index contributed by atoms with van der Waals surface area (Å²) in [5, 5.41) is 0. The fraction of sp³-hybridized carbons (Fsp3) is 0.375. The lowest BCUT2D eigenvalue weighted by Crippen LogP contribution is -2.43. The predicted molar refractivity (Wildman–Crippen MR) is 111 cm³/mol. The predicted octanol–water partition coefficient (Wildman–Crippen LogP) is 4.40. The van der Waals surface area contributed by atoms with E-state index < -0.39 is 17.6 Å². The van der Waals surface area contributed by atoms with Gasteiger partial charge in [-0.1, -0.05) is 0 Å². The third kappa shape index (κ3) is 2.82. The van der Waals surface area contributed by atoms with Crippen LogP contribution in [-0.4, -0.2) is 37.8 Å². The second-order valence-corrected chi connectivity index (χ2v) is 8.18. The molecule has 6 heteroatoms. The minimum absolute atomic E-state index is 0.0134. The molecule has 30 heavy (non-hydrogen) atoms. The minimum atomic E-state index is -0.464. The summed E-state index contributed by atoms with van der Waals surface area (Å²) < 4.78 is 29.5. The lowest BCUT2D eigenvalue weighted by atomic mass is 9.81. The summed E-state index contributed by atoms with van der Waals surface area (Å²) in [7, 11) is 1.58. The number of ketones is 1. The molecule has 0 fully saturated rings. The Morgan fingerprint density at radius 1 is 1.17 bits per heavy atom. The van der Waals surface area contributed by atoms with E-state index in [1.165, 1.54) is 0 Å². The lowest BCUT2D eigenvalue weighted by Gasteiger charge is -2.38. The van der Waals surface area contributed by atoms with Gasteiger partial charge in [0.15, 0.2) is 17.3 Å². The Morgan fingerprint density at radius 2 is 2.00 bits per heavy atom. The Labute approximate surface area is 175 Å². The molecule has 5 rings (SSSR count). The van der Waals surface area contributed by atoms with Crippen molar-refractivity contribution in [1.29, 1.82) is 0 Å². The molecule has 0 radical (unpaired) electrons. The van der Waals surface area contributed by atoms with E-state index in [4.69, 9.17) is 23.7 Å². The quantitative estimate of drug-likeness (QED) is 0.750. The molecule has 2 aromatic carbocycles. The van der Waals surface area contributed by atoms with Crippen LogP contribution in [-0.2, 0) is 0 Å². The highest BCUT2D eigenvalue weighted by Crippen LogP contribution is 2.49. The maximum atomic E-state index is 13.6. The molecular weight excluding hydrogens is 384 g/mol. The molecule has 0 saturated heterocycles. The van der Waals surface area contributed by atoms with Gasteiger partial charge in [0.25, 0.3) is 0 Å². The molecule has 2 aromatic rings. The third-order valence-electron chi connectivity index (χ3n) is 5.70. The van der Waals surface area contributed by atoms with E-state index in [1.807, 2.05) is 45.1 Å². The van der Waals surface area contributed by atoms with Crippen LogP contribution in [0.25, 0.3) is 6.08 Å². The second-order valence-electron chi connectivity index (χ2n) is 8.18. The normalized spacial score (nSPS) is 22.3. The fourth-order valence-electron chi connectivity index (χ4n) is 4.30. The number of rotatable bonds is 3. The van der Waals surface area contributed by atoms with E-state index in [1.54, 1.807) is 19.2 Å². The molecule has 0 spiro atoms. The van der Waals surface area contributed by atoms with Gasteiger partial charge in [-0.25, -0.2) is 0 Å². The Hall–Kier alpha value is -3.15. The monoisotopic (exact) mass is 408 g/mol. The number of carbonyl (C=O) groups excluding carboxylic acids is 1. The van der Waals surface area contributed by atoms with Crippen LogP contribution in [0, 0.1) is 0 Å². The van der Waals surface area contributed by atoms with Crippen molar-refractivity contribution in [2.75, 3.05) is 20.3 Å². The number of hydrogen-bond acceptors (Lipinski definition) is 6. The Bertz CT molecular complexity index is 1070. The van der Waals surface area contributed by atoms with Gasteiger partial charge in [-0.3, -0.25) is 4.79 Å². The number of ether oxygens (including phenoxy) is 5. The standard InChI is InChI=1S/C24H24O6/c1-5-27-19-10-15-17(11-18(19)26-4)28-12-20-21(15)22(25)14-6-7-16-13(23(14)29-20)8-9-24(2,3)30-16/h6-11,20-21H,5,12H2,1-4H3/t20-,21+/m1/s1. The summed E-state index contributed by atoms with van der Waals surface area (Å²) in [4.78, 5) is 13.6. The van der Waals surface area contributed by atoms with Crippen LogP contribution in [0.3, 0.4) is 0 Å². The van der Waals surface area contributed by atoms with Crippen molar-refractivity contribution >= 4 is 11.9 Å². The van der Waals surface area contributed by atoms with Gasteiger partial charge in [-0.05, 0) is 51.1 Å². The van der Waals surface area contributed by atoms with Crippen molar-refractivity contribution in [2.45, 2.75) is 38.4 Å². The van der Waals surface area contributed by atoms with E-state index >= 15 is 0 Å². The van der Waals surface area contributed by atoms with Gasteiger partial charge in [-0.2, -0.15) is 0 Å². The summed E-state index contributed by atoms with van der Waals surface area (Å²) in [6, 6.07) is 7.26. The molecule has 0 aromatic heterocycles. The summed E-state index contributed by atoms with van der Waals surface area (Å²) in [6.45, 7) is 6.66. The zero-order valence-electron chi connectivity index (χ0n) is 17.5. The summed E-state index contributed by atoms with van der Waals surface area (Å²) in [5.74, 6) is 2.63. The van der Waals surface area contributed by atoms with Crippen LogP contribution >= 0.6 is 0 Å². The Balaban J connectivity index is 1.60. The maximum Gasteiger partial charge on any atom is 0.178 e. The van der Waals surface area contributed by atoms with E-state index in [9.17, 15) is 4.79 Å². The molecule has 0 unspecified atom stereocenters. The number of carbonyl (C=O) groups is 1. The van der Waals surface area contributed by atoms with Crippen molar-refractivity contribution in [3.8, 4) is 28.7 Å². The number of benzene rings is 2. The molecule has 3 aliphatic heterocycles. The first-order valence-corrected chi connectivity index (χ1v) is 10.2. The van der Waals surface area contributed by atoms with Gasteiger partial charge in [0.1, 0.15) is 35.6 Å². The van der Waals surface area contributed by atoms with Gasteiger partial charge in [0.05, 0.1) is 30.8 Å². The number of Topliss-reactive ketones (excluding diaryl/α,β-unsaturated/α-hetero) is 1. The summed E-state index contributed by atoms with van der Waals surface area (Å²) >= 11 is 0. The fourth-order valence-corrected chi connectivity index (χ4v) is 4.30. The SMILES string of the molecule is CCOc1cc2c(cc1OC)OC[C@H]1Oc3c(ccc4c3C=CC(C)(C)O4)C(=O)[C@@H]21. The first kappa shape index (κ1) is 18.9. The van der Waals surface area contributed by atoms with Gasteiger partial charge in [0.2, 0.25) is 0 Å². The smallest absolute Gasteiger partial charge is 0.178 e. The molecule has 3 heterocycles. The van der Waals surface area contributed by atoms with Gasteiger partial charge in [-0.15, -0.1) is 0 Å². The zero-order chi connectivity index (χ0) is 21.0. The highest BCUT2D eigenvalue weighted by Gasteiger charge is 2.45. The third-order valence-corrected chi connectivity index (χ3v) is 5.70. The van der Waals surface area contributed by atoms with E-state index in [0.717, 1.165) is 11.1 Å². The molecule has 0 bridgehead atoms. The van der Waals surface area contributed by atoms with Crippen LogP contribution in [0.4, 0.5) is 0 Å². The number of fused-ring (bicyclic) bond motifs is 6. The van der Waals surface area contributed by atoms with Crippen molar-refractivity contribution < 1.29 is 28.5 Å². The van der Waals surface area contributed by atoms with Crippen LogP contribution in [0.2, 0.25) is 0 Å².